The highest BCUT2D eigenvalue weighted by Gasteiger charge is 2.05. The molecule has 0 fully saturated rings. The van der Waals surface area contributed by atoms with Crippen molar-refractivity contribution in [3.63, 3.8) is 0 Å². The molecule has 0 aliphatic heterocycles. The van der Waals surface area contributed by atoms with Crippen molar-refractivity contribution in [3.05, 3.63) is 5.82 Å². The maximum atomic E-state index is 11.1. The van der Waals surface area contributed by atoms with Gasteiger partial charge in [0.25, 0.3) is 0 Å². The molecule has 0 saturated carbocycles. The first kappa shape index (κ1) is 13.6. The van der Waals surface area contributed by atoms with Crippen LogP contribution in [0.1, 0.15) is 32.5 Å². The Balaban J connectivity index is 2.21. The van der Waals surface area contributed by atoms with Crippen molar-refractivity contribution < 1.29 is 9.53 Å². The summed E-state index contributed by atoms with van der Waals surface area (Å²) in [7, 11) is 0. The number of carbonyl (C=O) groups is 1. The number of nitrogens with zero attached hydrogens (tertiary/aromatic N) is 4. The van der Waals surface area contributed by atoms with Gasteiger partial charge in [-0.2, -0.15) is 0 Å². The Hall–Kier alpha value is -1.50. The summed E-state index contributed by atoms with van der Waals surface area (Å²) in [5.41, 5.74) is 0. The average Bonchev–Trinajstić information content (AvgIpc) is 2.73. The Labute approximate surface area is 101 Å². The number of aryl methyl sites for hydroxylation is 1. The van der Waals surface area contributed by atoms with Crippen LogP contribution in [0.3, 0.4) is 0 Å². The minimum Gasteiger partial charge on any atom is -0.466 e. The second kappa shape index (κ2) is 7.72. The minimum atomic E-state index is -0.187. The van der Waals surface area contributed by atoms with Crippen LogP contribution in [0.2, 0.25) is 0 Å². The summed E-state index contributed by atoms with van der Waals surface area (Å²) < 4.78 is 6.58. The Morgan fingerprint density at radius 2 is 2.29 bits per heavy atom. The van der Waals surface area contributed by atoms with Crippen LogP contribution in [0, 0.1) is 0 Å². The molecule has 7 nitrogen and oxygen atoms in total. The smallest absolute Gasteiger partial charge is 0.307 e. The molecule has 0 aliphatic carbocycles. The molecular formula is C10H19N5O2. The number of tetrazole rings is 1. The van der Waals surface area contributed by atoms with Crippen LogP contribution in [-0.4, -0.2) is 39.3 Å². The van der Waals surface area contributed by atoms with E-state index in [-0.39, 0.29) is 5.97 Å². The van der Waals surface area contributed by atoms with Gasteiger partial charge in [0.1, 0.15) is 0 Å². The monoisotopic (exact) mass is 241 g/mol. The zero-order chi connectivity index (χ0) is 12.5. The maximum absolute atomic E-state index is 11.1. The standard InChI is InChI=1S/C10H19N5O2/c1-3-7-15-9(12-13-14-15)8-11-6-5-10(16)17-4-2/h11H,3-8H2,1-2H3. The molecule has 0 spiro atoms. The molecule has 0 unspecified atom stereocenters. The van der Waals surface area contributed by atoms with Crippen LogP contribution in [0.4, 0.5) is 0 Å². The molecule has 1 N–H and O–H groups in total. The highest BCUT2D eigenvalue weighted by atomic mass is 16.5. The third-order valence-electron chi connectivity index (χ3n) is 2.14. The van der Waals surface area contributed by atoms with Gasteiger partial charge in [0.05, 0.1) is 19.6 Å². The van der Waals surface area contributed by atoms with Gasteiger partial charge < -0.3 is 10.1 Å². The molecule has 0 saturated heterocycles. The van der Waals surface area contributed by atoms with Crippen molar-refractivity contribution in [2.24, 2.45) is 0 Å². The van der Waals surface area contributed by atoms with Crippen molar-refractivity contribution in [3.8, 4) is 0 Å². The lowest BCUT2D eigenvalue weighted by molar-refractivity contribution is -0.142. The number of esters is 1. The second-order valence-electron chi connectivity index (χ2n) is 3.55. The molecular weight excluding hydrogens is 222 g/mol. The van der Waals surface area contributed by atoms with E-state index in [0.717, 1.165) is 18.8 Å². The predicted molar refractivity (Wildman–Crippen MR) is 61.1 cm³/mol. The van der Waals surface area contributed by atoms with Gasteiger partial charge in [0, 0.05) is 13.1 Å². The van der Waals surface area contributed by atoms with E-state index < -0.39 is 0 Å². The normalized spacial score (nSPS) is 10.5. The molecule has 0 radical (unpaired) electrons. The van der Waals surface area contributed by atoms with Crippen molar-refractivity contribution in [2.75, 3.05) is 13.2 Å². The third-order valence-corrected chi connectivity index (χ3v) is 2.14. The number of hydrogen-bond donors (Lipinski definition) is 1. The molecule has 17 heavy (non-hydrogen) atoms. The molecule has 0 atom stereocenters. The number of rotatable bonds is 8. The second-order valence-corrected chi connectivity index (χ2v) is 3.55. The summed E-state index contributed by atoms with van der Waals surface area (Å²) in [5.74, 6) is 0.601. The van der Waals surface area contributed by atoms with Gasteiger partial charge in [-0.05, 0) is 23.8 Å². The number of ether oxygens (including phenoxy) is 1. The number of hydrogen-bond acceptors (Lipinski definition) is 6. The Kier molecular flexibility index (Phi) is 6.16. The third kappa shape index (κ3) is 4.90. The number of carbonyl (C=O) groups excluding carboxylic acids is 1. The fourth-order valence-corrected chi connectivity index (χ4v) is 1.36. The summed E-state index contributed by atoms with van der Waals surface area (Å²) in [6, 6.07) is 0. The highest BCUT2D eigenvalue weighted by molar-refractivity contribution is 5.69. The molecule has 1 aromatic rings. The van der Waals surface area contributed by atoms with E-state index in [1.54, 1.807) is 11.6 Å². The summed E-state index contributed by atoms with van der Waals surface area (Å²) in [4.78, 5) is 11.1. The van der Waals surface area contributed by atoms with E-state index in [0.29, 0.717) is 26.1 Å². The van der Waals surface area contributed by atoms with Gasteiger partial charge in [-0.1, -0.05) is 6.92 Å². The lowest BCUT2D eigenvalue weighted by Gasteiger charge is -2.05. The first-order valence-electron chi connectivity index (χ1n) is 5.89. The summed E-state index contributed by atoms with van der Waals surface area (Å²) in [6.07, 6.45) is 1.35. The number of nitrogens with one attached hydrogen (secondary N) is 1. The van der Waals surface area contributed by atoms with E-state index in [2.05, 4.69) is 27.8 Å². The minimum absolute atomic E-state index is 0.187. The molecule has 1 heterocycles. The van der Waals surface area contributed by atoms with Gasteiger partial charge in [0.2, 0.25) is 0 Å². The van der Waals surface area contributed by atoms with Gasteiger partial charge >= 0.3 is 5.97 Å². The van der Waals surface area contributed by atoms with Crippen LogP contribution < -0.4 is 5.32 Å². The average molecular weight is 241 g/mol. The topological polar surface area (TPSA) is 81.9 Å². The first-order valence-corrected chi connectivity index (χ1v) is 5.89. The van der Waals surface area contributed by atoms with E-state index in [9.17, 15) is 4.79 Å². The molecule has 0 amide bonds. The maximum Gasteiger partial charge on any atom is 0.307 e. The predicted octanol–water partition coefficient (Wildman–Crippen LogP) is 0.126. The van der Waals surface area contributed by atoms with E-state index in [4.69, 9.17) is 4.74 Å². The fourth-order valence-electron chi connectivity index (χ4n) is 1.36. The molecule has 0 bridgehead atoms. The van der Waals surface area contributed by atoms with Crippen LogP contribution in [0.15, 0.2) is 0 Å². The zero-order valence-corrected chi connectivity index (χ0v) is 10.3. The summed E-state index contributed by atoms with van der Waals surface area (Å²) in [5, 5.41) is 14.5. The highest BCUT2D eigenvalue weighted by Crippen LogP contribution is 1.94. The molecule has 0 aliphatic rings. The van der Waals surface area contributed by atoms with E-state index in [1.165, 1.54) is 0 Å². The van der Waals surface area contributed by atoms with E-state index in [1.807, 2.05) is 0 Å². The number of aromatic nitrogens is 4. The lowest BCUT2D eigenvalue weighted by atomic mass is 10.4. The van der Waals surface area contributed by atoms with Crippen molar-refractivity contribution in [2.45, 2.75) is 39.8 Å². The largest absolute Gasteiger partial charge is 0.466 e. The fraction of sp³-hybridized carbons (Fsp3) is 0.800. The summed E-state index contributed by atoms with van der Waals surface area (Å²) in [6.45, 7) is 6.23. The van der Waals surface area contributed by atoms with E-state index >= 15 is 0 Å². The van der Waals surface area contributed by atoms with Crippen molar-refractivity contribution in [1.29, 1.82) is 0 Å². The SMILES string of the molecule is CCCn1nnnc1CNCCC(=O)OCC. The Bertz CT molecular complexity index is 339. The first-order chi connectivity index (χ1) is 8.27. The van der Waals surface area contributed by atoms with Crippen LogP contribution >= 0.6 is 0 Å². The van der Waals surface area contributed by atoms with Gasteiger partial charge in [-0.15, -0.1) is 5.10 Å². The molecule has 1 aromatic heterocycles. The van der Waals surface area contributed by atoms with Gasteiger partial charge in [-0.3, -0.25) is 4.79 Å². The summed E-state index contributed by atoms with van der Waals surface area (Å²) >= 11 is 0. The van der Waals surface area contributed by atoms with Crippen LogP contribution in [0.25, 0.3) is 0 Å². The van der Waals surface area contributed by atoms with Crippen molar-refractivity contribution in [1.82, 2.24) is 25.5 Å². The van der Waals surface area contributed by atoms with Gasteiger partial charge in [-0.25, -0.2) is 4.68 Å². The lowest BCUT2D eigenvalue weighted by Crippen LogP contribution is -2.21. The van der Waals surface area contributed by atoms with Gasteiger partial charge in [0.15, 0.2) is 5.82 Å². The Morgan fingerprint density at radius 1 is 1.47 bits per heavy atom. The van der Waals surface area contributed by atoms with Crippen molar-refractivity contribution >= 4 is 5.97 Å². The molecule has 0 aromatic carbocycles. The van der Waals surface area contributed by atoms with Crippen LogP contribution in [0.5, 0.6) is 0 Å². The Morgan fingerprint density at radius 3 is 3.00 bits per heavy atom. The molecule has 7 heteroatoms. The van der Waals surface area contributed by atoms with Crippen LogP contribution in [-0.2, 0) is 22.6 Å². The quantitative estimate of drug-likeness (QED) is 0.514. The molecule has 1 rings (SSSR count). The zero-order valence-electron chi connectivity index (χ0n) is 10.3. The molecule has 96 valence electrons.